The van der Waals surface area contributed by atoms with E-state index in [4.69, 9.17) is 16.7 Å². The Morgan fingerprint density at radius 1 is 1.43 bits per heavy atom. The Bertz CT molecular complexity index is 751. The van der Waals surface area contributed by atoms with Crippen LogP contribution in [0.25, 0.3) is 10.9 Å². The van der Waals surface area contributed by atoms with Crippen molar-refractivity contribution in [3.8, 4) is 0 Å². The first-order chi connectivity index (χ1) is 11.0. The zero-order valence-corrected chi connectivity index (χ0v) is 13.6. The number of rotatable bonds is 6. The van der Waals surface area contributed by atoms with Crippen molar-refractivity contribution in [2.45, 2.75) is 32.2 Å². The first kappa shape index (κ1) is 15.9. The molecule has 0 radical (unpaired) electrons. The molecule has 0 bridgehead atoms. The van der Waals surface area contributed by atoms with Crippen molar-refractivity contribution < 1.29 is 14.7 Å². The van der Waals surface area contributed by atoms with Gasteiger partial charge in [0, 0.05) is 34.7 Å². The number of carboxylic acid groups (broad SMARTS) is 1. The molecule has 1 amide bonds. The summed E-state index contributed by atoms with van der Waals surface area (Å²) in [6.07, 6.45) is 4.01. The van der Waals surface area contributed by atoms with E-state index in [1.165, 1.54) is 0 Å². The molecule has 1 aromatic heterocycles. The van der Waals surface area contributed by atoms with Gasteiger partial charge in [0.05, 0.1) is 12.3 Å². The van der Waals surface area contributed by atoms with Crippen LogP contribution in [0.2, 0.25) is 5.02 Å². The zero-order chi connectivity index (χ0) is 16.6. The van der Waals surface area contributed by atoms with E-state index >= 15 is 0 Å². The third-order valence-electron chi connectivity index (χ3n) is 4.27. The fourth-order valence-corrected chi connectivity index (χ4v) is 2.96. The number of amides is 1. The maximum absolute atomic E-state index is 12.7. The summed E-state index contributed by atoms with van der Waals surface area (Å²) < 4.78 is 0. The number of nitrogens with one attached hydrogen (secondary N) is 1. The van der Waals surface area contributed by atoms with E-state index in [1.807, 2.05) is 18.3 Å². The Morgan fingerprint density at radius 3 is 2.83 bits per heavy atom. The van der Waals surface area contributed by atoms with Crippen LogP contribution in [-0.2, 0) is 16.0 Å². The Labute approximate surface area is 139 Å². The van der Waals surface area contributed by atoms with Gasteiger partial charge in [0.2, 0.25) is 5.91 Å². The van der Waals surface area contributed by atoms with Gasteiger partial charge in [0.15, 0.2) is 0 Å². The molecule has 1 heterocycles. The van der Waals surface area contributed by atoms with E-state index in [9.17, 15) is 9.59 Å². The largest absolute Gasteiger partial charge is 0.481 e. The standard InChI is InChI=1S/C17H19ClN2O3/c1-10(17(22)23)9-20(13-3-4-13)16(21)6-11-8-19-15-7-12(18)2-5-14(11)15/h2,5,7-8,10,13,19H,3-4,6,9H2,1H3,(H,22,23)/t10-/m1/s1. The fraction of sp³-hybridized carbons (Fsp3) is 0.412. The van der Waals surface area contributed by atoms with Crippen LogP contribution in [-0.4, -0.2) is 39.5 Å². The molecule has 1 aromatic carbocycles. The third kappa shape index (κ3) is 3.50. The molecular weight excluding hydrogens is 316 g/mol. The van der Waals surface area contributed by atoms with Crippen molar-refractivity contribution in [3.63, 3.8) is 0 Å². The topological polar surface area (TPSA) is 73.4 Å². The minimum absolute atomic E-state index is 0.0172. The van der Waals surface area contributed by atoms with E-state index in [1.54, 1.807) is 17.9 Å². The second kappa shape index (κ2) is 6.24. The van der Waals surface area contributed by atoms with E-state index in [2.05, 4.69) is 4.98 Å². The van der Waals surface area contributed by atoms with Gasteiger partial charge < -0.3 is 15.0 Å². The molecule has 1 saturated carbocycles. The first-order valence-electron chi connectivity index (χ1n) is 7.73. The number of carboxylic acids is 1. The average molecular weight is 335 g/mol. The monoisotopic (exact) mass is 334 g/mol. The lowest BCUT2D eigenvalue weighted by molar-refractivity contribution is -0.143. The summed E-state index contributed by atoms with van der Waals surface area (Å²) in [5.41, 5.74) is 1.81. The maximum Gasteiger partial charge on any atom is 0.308 e. The van der Waals surface area contributed by atoms with Crippen molar-refractivity contribution in [3.05, 3.63) is 35.0 Å². The van der Waals surface area contributed by atoms with Gasteiger partial charge in [-0.15, -0.1) is 0 Å². The number of hydrogen-bond donors (Lipinski definition) is 2. The van der Waals surface area contributed by atoms with Crippen LogP contribution in [0.4, 0.5) is 0 Å². The quantitative estimate of drug-likeness (QED) is 0.852. The predicted molar refractivity (Wildman–Crippen MR) is 88.5 cm³/mol. The van der Waals surface area contributed by atoms with Gasteiger partial charge in [-0.05, 0) is 30.5 Å². The summed E-state index contributed by atoms with van der Waals surface area (Å²) in [4.78, 5) is 28.6. The minimum Gasteiger partial charge on any atom is -0.481 e. The van der Waals surface area contributed by atoms with Gasteiger partial charge in [-0.25, -0.2) is 0 Å². The first-order valence-corrected chi connectivity index (χ1v) is 8.11. The molecule has 0 aliphatic heterocycles. The number of benzene rings is 1. The van der Waals surface area contributed by atoms with Gasteiger partial charge in [-0.3, -0.25) is 9.59 Å². The Kier molecular flexibility index (Phi) is 4.31. The molecule has 23 heavy (non-hydrogen) atoms. The van der Waals surface area contributed by atoms with Gasteiger partial charge in [0.1, 0.15) is 0 Å². The average Bonchev–Trinajstić information content (AvgIpc) is 3.27. The van der Waals surface area contributed by atoms with Crippen molar-refractivity contribution in [1.29, 1.82) is 0 Å². The van der Waals surface area contributed by atoms with Crippen LogP contribution in [0.1, 0.15) is 25.3 Å². The molecule has 0 unspecified atom stereocenters. The molecule has 2 N–H and O–H groups in total. The summed E-state index contributed by atoms with van der Waals surface area (Å²) in [7, 11) is 0. The van der Waals surface area contributed by atoms with E-state index in [0.717, 1.165) is 29.3 Å². The molecule has 6 heteroatoms. The SMILES string of the molecule is C[C@H](CN(C(=O)Cc1c[nH]c2cc(Cl)ccc12)C1CC1)C(=O)O. The number of hydrogen-bond acceptors (Lipinski definition) is 2. The summed E-state index contributed by atoms with van der Waals surface area (Å²) in [6, 6.07) is 5.73. The Hall–Kier alpha value is -2.01. The lowest BCUT2D eigenvalue weighted by atomic mass is 10.1. The van der Waals surface area contributed by atoms with Crippen molar-refractivity contribution in [2.75, 3.05) is 6.54 Å². The number of carbonyl (C=O) groups excluding carboxylic acids is 1. The highest BCUT2D eigenvalue weighted by Crippen LogP contribution is 2.29. The molecule has 5 nitrogen and oxygen atoms in total. The van der Waals surface area contributed by atoms with Crippen molar-refractivity contribution >= 4 is 34.4 Å². The predicted octanol–water partition coefficient (Wildman–Crippen LogP) is 3.08. The molecule has 1 fully saturated rings. The Morgan fingerprint density at radius 2 is 2.17 bits per heavy atom. The maximum atomic E-state index is 12.7. The molecule has 0 saturated heterocycles. The fourth-order valence-electron chi connectivity index (χ4n) is 2.78. The van der Waals surface area contributed by atoms with Gasteiger partial charge in [-0.1, -0.05) is 24.6 Å². The molecule has 3 rings (SSSR count). The molecule has 122 valence electrons. The number of fused-ring (bicyclic) bond motifs is 1. The second-order valence-electron chi connectivity index (χ2n) is 6.20. The van der Waals surface area contributed by atoms with Crippen LogP contribution >= 0.6 is 11.6 Å². The molecule has 2 aromatic rings. The van der Waals surface area contributed by atoms with Crippen LogP contribution in [0, 0.1) is 5.92 Å². The second-order valence-corrected chi connectivity index (χ2v) is 6.63. The van der Waals surface area contributed by atoms with E-state index in [0.29, 0.717) is 5.02 Å². The number of carbonyl (C=O) groups is 2. The lowest BCUT2D eigenvalue weighted by Crippen LogP contribution is -2.39. The van der Waals surface area contributed by atoms with Gasteiger partial charge in [0.25, 0.3) is 0 Å². The van der Waals surface area contributed by atoms with Crippen molar-refractivity contribution in [2.24, 2.45) is 5.92 Å². The number of aromatic nitrogens is 1. The molecular formula is C17H19ClN2O3. The van der Waals surface area contributed by atoms with Crippen molar-refractivity contribution in [1.82, 2.24) is 9.88 Å². The molecule has 0 spiro atoms. The molecule has 1 aliphatic carbocycles. The van der Waals surface area contributed by atoms with Crippen LogP contribution < -0.4 is 0 Å². The van der Waals surface area contributed by atoms with Crippen LogP contribution in [0.3, 0.4) is 0 Å². The summed E-state index contributed by atoms with van der Waals surface area (Å²) in [5, 5.41) is 10.7. The van der Waals surface area contributed by atoms with Crippen LogP contribution in [0.15, 0.2) is 24.4 Å². The zero-order valence-electron chi connectivity index (χ0n) is 12.9. The molecule has 1 aliphatic rings. The molecule has 1 atom stereocenters. The lowest BCUT2D eigenvalue weighted by Gasteiger charge is -2.24. The van der Waals surface area contributed by atoms with Gasteiger partial charge in [-0.2, -0.15) is 0 Å². The third-order valence-corrected chi connectivity index (χ3v) is 4.51. The highest BCUT2D eigenvalue weighted by Gasteiger charge is 2.34. The van der Waals surface area contributed by atoms with Crippen LogP contribution in [0.5, 0.6) is 0 Å². The Balaban J connectivity index is 1.76. The summed E-state index contributed by atoms with van der Waals surface area (Å²) in [5.74, 6) is -1.44. The van der Waals surface area contributed by atoms with E-state index in [-0.39, 0.29) is 24.9 Å². The summed E-state index contributed by atoms with van der Waals surface area (Å²) >= 11 is 5.97. The summed E-state index contributed by atoms with van der Waals surface area (Å²) in [6.45, 7) is 1.91. The number of nitrogens with zero attached hydrogens (tertiary/aromatic N) is 1. The van der Waals surface area contributed by atoms with E-state index < -0.39 is 11.9 Å². The minimum atomic E-state index is -0.870. The highest BCUT2D eigenvalue weighted by atomic mass is 35.5. The number of aromatic amines is 1. The number of H-pyrrole nitrogens is 1. The highest BCUT2D eigenvalue weighted by molar-refractivity contribution is 6.31. The van der Waals surface area contributed by atoms with Gasteiger partial charge >= 0.3 is 5.97 Å². The smallest absolute Gasteiger partial charge is 0.308 e. The normalized spacial score (nSPS) is 15.6. The number of aliphatic carboxylic acids is 1. The number of halogens is 1.